The second-order valence-electron chi connectivity index (χ2n) is 21.1. The van der Waals surface area contributed by atoms with Crippen molar-refractivity contribution in [2.75, 3.05) is 13.2 Å². The number of aliphatic hydroxyl groups is 5. The van der Waals surface area contributed by atoms with E-state index in [9.17, 15) is 30.3 Å². The first-order valence-corrected chi connectivity index (χ1v) is 30.2. The highest BCUT2D eigenvalue weighted by molar-refractivity contribution is 5.76. The van der Waals surface area contributed by atoms with Crippen molar-refractivity contribution in [1.82, 2.24) is 5.32 Å². The monoisotopic (exact) mass is 990 g/mol. The van der Waals surface area contributed by atoms with E-state index < -0.39 is 49.5 Å². The molecular formula is C61H115NO8. The number of unbranched alkanes of at least 4 members (excludes halogenated alkanes) is 38. The highest BCUT2D eigenvalue weighted by Gasteiger charge is 2.44. The van der Waals surface area contributed by atoms with E-state index in [1.165, 1.54) is 225 Å². The Morgan fingerprint density at radius 1 is 0.486 bits per heavy atom. The Morgan fingerprint density at radius 2 is 0.843 bits per heavy atom. The summed E-state index contributed by atoms with van der Waals surface area (Å²) in [5.74, 6) is -0.174. The van der Waals surface area contributed by atoms with Crippen LogP contribution in [0.4, 0.5) is 0 Å². The molecule has 1 aliphatic rings. The zero-order chi connectivity index (χ0) is 50.8. The lowest BCUT2D eigenvalue weighted by Gasteiger charge is -2.40. The van der Waals surface area contributed by atoms with Gasteiger partial charge in [0.1, 0.15) is 24.4 Å². The van der Waals surface area contributed by atoms with Gasteiger partial charge in [0.15, 0.2) is 6.29 Å². The minimum atomic E-state index is -1.56. The van der Waals surface area contributed by atoms with Gasteiger partial charge in [-0.3, -0.25) is 4.79 Å². The molecule has 1 heterocycles. The predicted molar refractivity (Wildman–Crippen MR) is 295 cm³/mol. The summed E-state index contributed by atoms with van der Waals surface area (Å²) in [6, 6.07) is -0.800. The molecular weight excluding hydrogens is 875 g/mol. The molecule has 1 rings (SSSR count). The number of aliphatic hydroxyl groups excluding tert-OH is 5. The van der Waals surface area contributed by atoms with Crippen LogP contribution < -0.4 is 5.32 Å². The molecule has 0 aliphatic carbocycles. The van der Waals surface area contributed by atoms with Crippen molar-refractivity contribution >= 4 is 5.91 Å². The second kappa shape index (κ2) is 50.9. The third-order valence-corrected chi connectivity index (χ3v) is 14.5. The van der Waals surface area contributed by atoms with Crippen LogP contribution in [0, 0.1) is 0 Å². The molecule has 1 amide bonds. The number of nitrogens with one attached hydrogen (secondary N) is 1. The topological polar surface area (TPSA) is 149 Å². The van der Waals surface area contributed by atoms with Crippen LogP contribution in [0.1, 0.15) is 290 Å². The zero-order valence-corrected chi connectivity index (χ0v) is 45.8. The minimum Gasteiger partial charge on any atom is -0.394 e. The van der Waals surface area contributed by atoms with Crippen molar-refractivity contribution in [2.45, 2.75) is 333 Å². The summed E-state index contributed by atoms with van der Waals surface area (Å²) in [7, 11) is 0. The quantitative estimate of drug-likeness (QED) is 0.0261. The van der Waals surface area contributed by atoms with Crippen molar-refractivity contribution in [3.63, 3.8) is 0 Å². The van der Waals surface area contributed by atoms with Crippen molar-refractivity contribution < 1.29 is 39.8 Å². The Hall–Kier alpha value is -1.59. The fourth-order valence-electron chi connectivity index (χ4n) is 9.66. The fourth-order valence-corrected chi connectivity index (χ4v) is 9.66. The summed E-state index contributed by atoms with van der Waals surface area (Å²) in [6.07, 6.45) is 59.7. The molecule has 0 aromatic rings. The molecule has 9 heteroatoms. The molecule has 412 valence electrons. The molecule has 9 nitrogen and oxygen atoms in total. The standard InChI is InChI=1S/C61H115NO8/c1-3-5-7-9-11-13-15-16-17-18-19-20-21-22-23-24-25-26-27-28-29-30-31-32-33-34-35-36-37-38-39-40-41-43-45-47-49-51-57(65)62-54(53-69-61-60(68)59(67)58(66)56(52-63)70-61)55(64)50-48-46-44-42-14-12-10-8-6-4-2/h15-16,18-19,48,50,54-56,58-61,63-64,66-68H,3-14,17,20-47,49,51-53H2,1-2H3,(H,62,65)/b16-15-,19-18-,50-48+. The molecule has 0 radical (unpaired) electrons. The Bertz CT molecular complexity index is 1190. The van der Waals surface area contributed by atoms with Gasteiger partial charge in [-0.25, -0.2) is 0 Å². The van der Waals surface area contributed by atoms with Crippen molar-refractivity contribution in [3.8, 4) is 0 Å². The van der Waals surface area contributed by atoms with Gasteiger partial charge in [-0.2, -0.15) is 0 Å². The van der Waals surface area contributed by atoms with Crippen LogP contribution in [-0.4, -0.2) is 87.5 Å². The van der Waals surface area contributed by atoms with Gasteiger partial charge in [0.05, 0.1) is 25.4 Å². The number of rotatable bonds is 52. The first kappa shape index (κ1) is 66.4. The molecule has 70 heavy (non-hydrogen) atoms. The van der Waals surface area contributed by atoms with Gasteiger partial charge in [0, 0.05) is 6.42 Å². The van der Waals surface area contributed by atoms with Gasteiger partial charge >= 0.3 is 0 Å². The van der Waals surface area contributed by atoms with Crippen molar-refractivity contribution in [3.05, 3.63) is 36.5 Å². The second-order valence-corrected chi connectivity index (χ2v) is 21.1. The van der Waals surface area contributed by atoms with Crippen LogP contribution in [0.2, 0.25) is 0 Å². The van der Waals surface area contributed by atoms with E-state index in [1.54, 1.807) is 6.08 Å². The first-order chi connectivity index (χ1) is 34.3. The van der Waals surface area contributed by atoms with Crippen molar-refractivity contribution in [1.29, 1.82) is 0 Å². The zero-order valence-electron chi connectivity index (χ0n) is 45.8. The predicted octanol–water partition coefficient (Wildman–Crippen LogP) is 15.1. The molecule has 0 bridgehead atoms. The van der Waals surface area contributed by atoms with E-state index in [2.05, 4.69) is 43.5 Å². The van der Waals surface area contributed by atoms with E-state index in [1.807, 2.05) is 6.08 Å². The van der Waals surface area contributed by atoms with E-state index in [4.69, 9.17) is 9.47 Å². The lowest BCUT2D eigenvalue weighted by atomic mass is 9.99. The summed E-state index contributed by atoms with van der Waals surface area (Å²) >= 11 is 0. The normalized spacial score (nSPS) is 19.6. The summed E-state index contributed by atoms with van der Waals surface area (Å²) in [4.78, 5) is 13.0. The largest absolute Gasteiger partial charge is 0.394 e. The van der Waals surface area contributed by atoms with Gasteiger partial charge in [-0.1, -0.05) is 269 Å². The smallest absolute Gasteiger partial charge is 0.220 e. The maximum atomic E-state index is 13.0. The van der Waals surface area contributed by atoms with Crippen LogP contribution in [0.15, 0.2) is 36.5 Å². The first-order valence-electron chi connectivity index (χ1n) is 30.2. The van der Waals surface area contributed by atoms with Gasteiger partial charge in [0.25, 0.3) is 0 Å². The summed E-state index contributed by atoms with van der Waals surface area (Å²) in [5.41, 5.74) is 0. The summed E-state index contributed by atoms with van der Waals surface area (Å²) in [6.45, 7) is 3.76. The van der Waals surface area contributed by atoms with Gasteiger partial charge in [-0.05, 0) is 51.4 Å². The Balaban J connectivity index is 2.02. The van der Waals surface area contributed by atoms with E-state index in [-0.39, 0.29) is 12.5 Å². The molecule has 6 N–H and O–H groups in total. The van der Waals surface area contributed by atoms with Crippen LogP contribution in [0.25, 0.3) is 0 Å². The molecule has 1 saturated heterocycles. The van der Waals surface area contributed by atoms with Crippen LogP contribution in [0.3, 0.4) is 0 Å². The average Bonchev–Trinajstić information content (AvgIpc) is 3.36. The summed E-state index contributed by atoms with van der Waals surface area (Å²) < 4.78 is 11.2. The van der Waals surface area contributed by atoms with E-state index >= 15 is 0 Å². The summed E-state index contributed by atoms with van der Waals surface area (Å²) in [5, 5.41) is 54.3. The SMILES string of the molecule is CCCCCCC/C=C\C/C=C\CCCCCCCCCCCCCCCCCCCCCCCCCCCC(=O)NC(COC1OC(CO)C(O)C(O)C1O)C(O)/C=C/CCCCCCCCCC. The molecule has 0 aromatic heterocycles. The van der Waals surface area contributed by atoms with Crippen LogP contribution >= 0.6 is 0 Å². The van der Waals surface area contributed by atoms with Crippen molar-refractivity contribution in [2.24, 2.45) is 0 Å². The number of ether oxygens (including phenoxy) is 2. The Kier molecular flexibility index (Phi) is 48.3. The number of carbonyl (C=O) groups excluding carboxylic acids is 1. The number of hydrogen-bond acceptors (Lipinski definition) is 8. The molecule has 7 atom stereocenters. The fraction of sp³-hybridized carbons (Fsp3) is 0.885. The molecule has 1 aliphatic heterocycles. The minimum absolute atomic E-state index is 0.174. The average molecular weight is 991 g/mol. The Morgan fingerprint density at radius 3 is 1.23 bits per heavy atom. The molecule has 0 spiro atoms. The Labute approximate surface area is 431 Å². The maximum Gasteiger partial charge on any atom is 0.220 e. The third kappa shape index (κ3) is 39.9. The van der Waals surface area contributed by atoms with Crippen LogP contribution in [0.5, 0.6) is 0 Å². The number of carbonyl (C=O) groups is 1. The van der Waals surface area contributed by atoms with Gasteiger partial charge in [0.2, 0.25) is 5.91 Å². The van der Waals surface area contributed by atoms with Gasteiger partial charge in [-0.15, -0.1) is 0 Å². The van der Waals surface area contributed by atoms with E-state index in [0.29, 0.717) is 6.42 Å². The third-order valence-electron chi connectivity index (χ3n) is 14.5. The molecule has 1 fully saturated rings. The molecule has 0 aromatic carbocycles. The highest BCUT2D eigenvalue weighted by Crippen LogP contribution is 2.23. The molecule has 7 unspecified atom stereocenters. The lowest BCUT2D eigenvalue weighted by Crippen LogP contribution is -2.60. The number of hydrogen-bond donors (Lipinski definition) is 6. The number of amides is 1. The maximum absolute atomic E-state index is 13.0. The highest BCUT2D eigenvalue weighted by atomic mass is 16.7. The lowest BCUT2D eigenvalue weighted by molar-refractivity contribution is -0.302. The van der Waals surface area contributed by atoms with E-state index in [0.717, 1.165) is 44.9 Å². The molecule has 0 saturated carbocycles. The van der Waals surface area contributed by atoms with Gasteiger partial charge < -0.3 is 40.3 Å². The van der Waals surface area contributed by atoms with Crippen LogP contribution in [-0.2, 0) is 14.3 Å². The number of allylic oxidation sites excluding steroid dienone is 5.